The summed E-state index contributed by atoms with van der Waals surface area (Å²) in [6.45, 7) is 6.16. The molecule has 1 unspecified atom stereocenters. The molecule has 2 nitrogen and oxygen atoms in total. The molecule has 11 heavy (non-hydrogen) atoms. The summed E-state index contributed by atoms with van der Waals surface area (Å²) < 4.78 is 0. The van der Waals surface area contributed by atoms with Crippen molar-refractivity contribution in [3.05, 3.63) is 11.6 Å². The molecular formula is C8H13ClN2. The molecule has 3 heteroatoms. The fourth-order valence-electron chi connectivity index (χ4n) is 0.726. The Morgan fingerprint density at radius 3 is 2.82 bits per heavy atom. The van der Waals surface area contributed by atoms with Gasteiger partial charge in [-0.05, 0) is 6.42 Å². The highest BCUT2D eigenvalue weighted by atomic mass is 35.5. The Labute approximate surface area is 72.8 Å². The Balaban J connectivity index is 3.53. The number of hydrogen-bond acceptors (Lipinski definition) is 2. The minimum atomic E-state index is 0.246. The van der Waals surface area contributed by atoms with Crippen LogP contribution in [-0.4, -0.2) is 12.6 Å². The summed E-state index contributed by atoms with van der Waals surface area (Å²) in [7, 11) is 0. The topological polar surface area (TPSA) is 35.8 Å². The van der Waals surface area contributed by atoms with E-state index in [4.69, 9.17) is 16.9 Å². The van der Waals surface area contributed by atoms with Crippen LogP contribution in [0.5, 0.6) is 0 Å². The smallest absolute Gasteiger partial charge is 0.0638 e. The average Bonchev–Trinajstić information content (AvgIpc) is 1.97. The van der Waals surface area contributed by atoms with Gasteiger partial charge in [-0.15, -0.1) is 0 Å². The lowest BCUT2D eigenvalue weighted by atomic mass is 10.2. The maximum Gasteiger partial charge on any atom is 0.0638 e. The second kappa shape index (κ2) is 6.21. The van der Waals surface area contributed by atoms with Crippen molar-refractivity contribution in [2.45, 2.75) is 25.8 Å². The van der Waals surface area contributed by atoms with Gasteiger partial charge in [0.15, 0.2) is 0 Å². The molecule has 0 heterocycles. The van der Waals surface area contributed by atoms with E-state index in [0.717, 1.165) is 6.42 Å². The summed E-state index contributed by atoms with van der Waals surface area (Å²) in [6, 6.07) is 2.35. The van der Waals surface area contributed by atoms with Crippen molar-refractivity contribution in [2.24, 2.45) is 0 Å². The van der Waals surface area contributed by atoms with Crippen LogP contribution in [0.4, 0.5) is 0 Å². The summed E-state index contributed by atoms with van der Waals surface area (Å²) >= 11 is 5.54. The van der Waals surface area contributed by atoms with E-state index >= 15 is 0 Å². The fraction of sp³-hybridized carbons (Fsp3) is 0.625. The molecule has 1 atom stereocenters. The zero-order valence-corrected chi connectivity index (χ0v) is 7.49. The molecule has 0 aromatic rings. The Morgan fingerprint density at radius 1 is 1.82 bits per heavy atom. The van der Waals surface area contributed by atoms with E-state index in [9.17, 15) is 0 Å². The normalized spacial score (nSPS) is 12.1. The SMILES string of the molecule is C=C(Cl)CNC(CC)CC#N. The lowest BCUT2D eigenvalue weighted by Crippen LogP contribution is -2.28. The molecule has 0 aliphatic rings. The Morgan fingerprint density at radius 2 is 2.45 bits per heavy atom. The van der Waals surface area contributed by atoms with Gasteiger partial charge in [0, 0.05) is 17.6 Å². The Hall–Kier alpha value is -0.520. The van der Waals surface area contributed by atoms with E-state index in [1.54, 1.807) is 0 Å². The van der Waals surface area contributed by atoms with Crippen LogP contribution >= 0.6 is 11.6 Å². The quantitative estimate of drug-likeness (QED) is 0.689. The van der Waals surface area contributed by atoms with Crippen molar-refractivity contribution >= 4 is 11.6 Å². The summed E-state index contributed by atoms with van der Waals surface area (Å²) in [4.78, 5) is 0. The molecule has 0 rings (SSSR count). The third-order valence-electron chi connectivity index (χ3n) is 1.41. The molecule has 0 fully saturated rings. The van der Waals surface area contributed by atoms with Crippen molar-refractivity contribution < 1.29 is 0 Å². The molecule has 0 bridgehead atoms. The van der Waals surface area contributed by atoms with Gasteiger partial charge in [0.05, 0.1) is 12.5 Å². The van der Waals surface area contributed by atoms with Crippen LogP contribution in [0.2, 0.25) is 0 Å². The van der Waals surface area contributed by atoms with Crippen LogP contribution in [0.1, 0.15) is 19.8 Å². The Bertz CT molecular complexity index is 160. The molecule has 62 valence electrons. The first-order valence-corrected chi connectivity index (χ1v) is 4.02. The van der Waals surface area contributed by atoms with E-state index in [1.807, 2.05) is 6.92 Å². The molecule has 0 spiro atoms. The van der Waals surface area contributed by atoms with Gasteiger partial charge in [-0.2, -0.15) is 5.26 Å². The molecule has 0 amide bonds. The molecule has 0 saturated heterocycles. The molecule has 0 aromatic carbocycles. The van der Waals surface area contributed by atoms with Crippen molar-refractivity contribution in [3.8, 4) is 6.07 Å². The van der Waals surface area contributed by atoms with Gasteiger partial charge < -0.3 is 5.32 Å². The van der Waals surface area contributed by atoms with Gasteiger partial charge in [0.1, 0.15) is 0 Å². The summed E-state index contributed by atoms with van der Waals surface area (Å²) in [5.74, 6) is 0. The first-order chi connectivity index (χ1) is 5.20. The first kappa shape index (κ1) is 10.5. The van der Waals surface area contributed by atoms with Crippen LogP contribution in [0.25, 0.3) is 0 Å². The van der Waals surface area contributed by atoms with Crippen molar-refractivity contribution in [2.75, 3.05) is 6.54 Å². The zero-order chi connectivity index (χ0) is 8.69. The molecule has 0 aromatic heterocycles. The highest BCUT2D eigenvalue weighted by Gasteiger charge is 2.03. The predicted octanol–water partition coefficient (Wildman–Crippen LogP) is 2.02. The maximum absolute atomic E-state index is 8.39. The van der Waals surface area contributed by atoms with E-state index in [0.29, 0.717) is 18.0 Å². The van der Waals surface area contributed by atoms with Gasteiger partial charge in [-0.3, -0.25) is 0 Å². The minimum Gasteiger partial charge on any atom is -0.308 e. The van der Waals surface area contributed by atoms with Crippen LogP contribution in [0.3, 0.4) is 0 Å². The van der Waals surface area contributed by atoms with E-state index in [1.165, 1.54) is 0 Å². The van der Waals surface area contributed by atoms with Crippen LogP contribution in [0.15, 0.2) is 11.6 Å². The summed E-state index contributed by atoms with van der Waals surface area (Å²) in [5, 5.41) is 12.1. The minimum absolute atomic E-state index is 0.246. The molecule has 0 aliphatic carbocycles. The monoisotopic (exact) mass is 172 g/mol. The third kappa shape index (κ3) is 5.90. The second-order valence-corrected chi connectivity index (χ2v) is 2.90. The zero-order valence-electron chi connectivity index (χ0n) is 6.73. The highest BCUT2D eigenvalue weighted by Crippen LogP contribution is 1.99. The Kier molecular flexibility index (Phi) is 5.91. The summed E-state index contributed by atoms with van der Waals surface area (Å²) in [6.07, 6.45) is 1.47. The number of nitrogens with zero attached hydrogens (tertiary/aromatic N) is 1. The van der Waals surface area contributed by atoms with E-state index < -0.39 is 0 Å². The van der Waals surface area contributed by atoms with Crippen LogP contribution < -0.4 is 5.32 Å². The fourth-order valence-corrected chi connectivity index (χ4v) is 0.803. The summed E-state index contributed by atoms with van der Waals surface area (Å²) in [5.41, 5.74) is 0. The highest BCUT2D eigenvalue weighted by molar-refractivity contribution is 6.29. The van der Waals surface area contributed by atoms with Gasteiger partial charge in [-0.1, -0.05) is 25.1 Å². The molecule has 0 saturated carbocycles. The number of nitriles is 1. The van der Waals surface area contributed by atoms with Crippen LogP contribution in [-0.2, 0) is 0 Å². The maximum atomic E-state index is 8.39. The van der Waals surface area contributed by atoms with Crippen molar-refractivity contribution in [1.82, 2.24) is 5.32 Å². The molecular weight excluding hydrogens is 160 g/mol. The number of halogens is 1. The van der Waals surface area contributed by atoms with Gasteiger partial charge >= 0.3 is 0 Å². The molecule has 1 N–H and O–H groups in total. The lowest BCUT2D eigenvalue weighted by molar-refractivity contribution is 0.532. The average molecular weight is 173 g/mol. The van der Waals surface area contributed by atoms with Gasteiger partial charge in [-0.25, -0.2) is 0 Å². The molecule has 0 radical (unpaired) electrons. The van der Waals surface area contributed by atoms with Crippen molar-refractivity contribution in [1.29, 1.82) is 5.26 Å². The third-order valence-corrected chi connectivity index (χ3v) is 1.55. The van der Waals surface area contributed by atoms with Gasteiger partial charge in [0.2, 0.25) is 0 Å². The second-order valence-electron chi connectivity index (χ2n) is 2.37. The number of hydrogen-bond donors (Lipinski definition) is 1. The van der Waals surface area contributed by atoms with Gasteiger partial charge in [0.25, 0.3) is 0 Å². The van der Waals surface area contributed by atoms with Crippen molar-refractivity contribution in [3.63, 3.8) is 0 Å². The van der Waals surface area contributed by atoms with E-state index in [-0.39, 0.29) is 6.04 Å². The number of rotatable bonds is 5. The largest absolute Gasteiger partial charge is 0.308 e. The molecule has 0 aliphatic heterocycles. The standard InChI is InChI=1S/C8H13ClN2/c1-3-8(4-5-10)11-6-7(2)9/h8,11H,2-4,6H2,1H3. The van der Waals surface area contributed by atoms with Crippen LogP contribution in [0, 0.1) is 11.3 Å². The lowest BCUT2D eigenvalue weighted by Gasteiger charge is -2.11. The predicted molar refractivity (Wildman–Crippen MR) is 47.3 cm³/mol. The first-order valence-electron chi connectivity index (χ1n) is 3.64. The van der Waals surface area contributed by atoms with E-state index in [2.05, 4.69) is 18.0 Å². The number of nitrogens with one attached hydrogen (secondary N) is 1.